The summed E-state index contributed by atoms with van der Waals surface area (Å²) in [6.07, 6.45) is 0.670. The van der Waals surface area contributed by atoms with E-state index < -0.39 is 0 Å². The van der Waals surface area contributed by atoms with Gasteiger partial charge in [-0.3, -0.25) is 0 Å². The van der Waals surface area contributed by atoms with E-state index in [0.717, 1.165) is 11.3 Å². The van der Waals surface area contributed by atoms with E-state index in [2.05, 4.69) is 0 Å². The summed E-state index contributed by atoms with van der Waals surface area (Å²) in [7, 11) is 1.88. The Morgan fingerprint density at radius 2 is 1.79 bits per heavy atom. The summed E-state index contributed by atoms with van der Waals surface area (Å²) >= 11 is 0. The van der Waals surface area contributed by atoms with Crippen LogP contribution in [0.2, 0.25) is 0 Å². The number of hydrogen-bond acceptors (Lipinski definition) is 2. The highest BCUT2D eigenvalue weighted by atomic mass is 19.1. The fourth-order valence-electron chi connectivity index (χ4n) is 2.19. The van der Waals surface area contributed by atoms with Crippen LogP contribution in [-0.4, -0.2) is 13.6 Å². The van der Waals surface area contributed by atoms with E-state index in [1.807, 2.05) is 49.2 Å². The van der Waals surface area contributed by atoms with E-state index in [4.69, 9.17) is 5.73 Å². The van der Waals surface area contributed by atoms with Crippen molar-refractivity contribution in [1.29, 1.82) is 0 Å². The number of hydrogen-bond donors (Lipinski definition) is 1. The van der Waals surface area contributed by atoms with Crippen LogP contribution in [0.4, 0.5) is 15.8 Å². The molecule has 2 nitrogen and oxygen atoms in total. The van der Waals surface area contributed by atoms with Crippen LogP contribution in [0.5, 0.6) is 0 Å². The summed E-state index contributed by atoms with van der Waals surface area (Å²) in [6.45, 7) is 2.55. The first-order valence-electron chi connectivity index (χ1n) is 6.41. The number of para-hydroxylation sites is 1. The summed E-state index contributed by atoms with van der Waals surface area (Å²) in [5.41, 5.74) is 9.30. The third-order valence-electron chi connectivity index (χ3n) is 3.24. The van der Waals surface area contributed by atoms with Gasteiger partial charge in [-0.05, 0) is 43.7 Å². The van der Waals surface area contributed by atoms with Gasteiger partial charge in [0.15, 0.2) is 0 Å². The predicted molar refractivity (Wildman–Crippen MR) is 78.4 cm³/mol. The van der Waals surface area contributed by atoms with Crippen LogP contribution in [0.25, 0.3) is 0 Å². The molecule has 0 heterocycles. The Balaban J connectivity index is 2.42. The van der Waals surface area contributed by atoms with Crippen LogP contribution in [-0.2, 0) is 6.42 Å². The second-order valence-corrected chi connectivity index (χ2v) is 4.68. The Morgan fingerprint density at radius 1 is 1.11 bits per heavy atom. The zero-order valence-electron chi connectivity index (χ0n) is 11.4. The van der Waals surface area contributed by atoms with E-state index in [1.54, 1.807) is 6.07 Å². The molecule has 0 saturated carbocycles. The maximum atomic E-state index is 14.1. The Morgan fingerprint density at radius 3 is 2.42 bits per heavy atom. The van der Waals surface area contributed by atoms with Crippen LogP contribution >= 0.6 is 0 Å². The number of benzene rings is 2. The van der Waals surface area contributed by atoms with Gasteiger partial charge < -0.3 is 10.6 Å². The van der Waals surface area contributed by atoms with Crippen LogP contribution in [0.1, 0.15) is 11.1 Å². The van der Waals surface area contributed by atoms with Gasteiger partial charge in [-0.25, -0.2) is 4.39 Å². The van der Waals surface area contributed by atoms with Crippen molar-refractivity contribution in [2.24, 2.45) is 5.73 Å². The van der Waals surface area contributed by atoms with Gasteiger partial charge in [0.05, 0.1) is 5.69 Å². The minimum atomic E-state index is -0.214. The molecule has 0 radical (unpaired) electrons. The summed E-state index contributed by atoms with van der Waals surface area (Å²) in [5.74, 6) is -0.214. The third kappa shape index (κ3) is 2.93. The molecule has 0 aliphatic rings. The van der Waals surface area contributed by atoms with Gasteiger partial charge in [-0.1, -0.05) is 29.8 Å². The monoisotopic (exact) mass is 258 g/mol. The van der Waals surface area contributed by atoms with E-state index in [0.29, 0.717) is 18.7 Å². The summed E-state index contributed by atoms with van der Waals surface area (Å²) in [6, 6.07) is 13.2. The van der Waals surface area contributed by atoms with E-state index >= 15 is 0 Å². The van der Waals surface area contributed by atoms with Crippen LogP contribution in [0, 0.1) is 12.7 Å². The first-order valence-corrected chi connectivity index (χ1v) is 6.41. The lowest BCUT2D eigenvalue weighted by Gasteiger charge is -2.23. The molecular weight excluding hydrogens is 239 g/mol. The Bertz CT molecular complexity index is 549. The number of nitrogens with two attached hydrogens (primary N) is 1. The molecule has 100 valence electrons. The molecule has 0 unspecified atom stereocenters. The number of halogens is 1. The van der Waals surface area contributed by atoms with Crippen LogP contribution in [0.3, 0.4) is 0 Å². The molecule has 0 bridgehead atoms. The smallest absolute Gasteiger partial charge is 0.147 e. The summed E-state index contributed by atoms with van der Waals surface area (Å²) in [4.78, 5) is 1.87. The molecule has 2 aromatic rings. The van der Waals surface area contributed by atoms with Crippen molar-refractivity contribution in [3.05, 3.63) is 59.4 Å². The standard InChI is InChI=1S/C16H19FN2/c1-12-6-8-14(9-7-12)19(2)16-13(10-11-18)4-3-5-15(16)17/h3-9H,10-11,18H2,1-2H3. The van der Waals surface area contributed by atoms with Crippen molar-refractivity contribution in [2.75, 3.05) is 18.5 Å². The highest BCUT2D eigenvalue weighted by Gasteiger charge is 2.13. The maximum Gasteiger partial charge on any atom is 0.147 e. The highest BCUT2D eigenvalue weighted by molar-refractivity contribution is 5.66. The fourth-order valence-corrected chi connectivity index (χ4v) is 2.19. The molecule has 0 atom stereocenters. The number of rotatable bonds is 4. The quantitative estimate of drug-likeness (QED) is 0.910. The number of aryl methyl sites for hydroxylation is 1. The average Bonchev–Trinajstić information content (AvgIpc) is 2.39. The van der Waals surface area contributed by atoms with Crippen molar-refractivity contribution < 1.29 is 4.39 Å². The molecule has 0 amide bonds. The molecular formula is C16H19FN2. The molecule has 3 heteroatoms. The van der Waals surface area contributed by atoms with Crippen molar-refractivity contribution in [1.82, 2.24) is 0 Å². The van der Waals surface area contributed by atoms with Gasteiger partial charge in [0.2, 0.25) is 0 Å². The molecule has 0 spiro atoms. The van der Waals surface area contributed by atoms with Gasteiger partial charge in [0.25, 0.3) is 0 Å². The normalized spacial score (nSPS) is 10.5. The molecule has 0 saturated heterocycles. The third-order valence-corrected chi connectivity index (χ3v) is 3.24. The Kier molecular flexibility index (Phi) is 4.17. The lowest BCUT2D eigenvalue weighted by atomic mass is 10.1. The van der Waals surface area contributed by atoms with Gasteiger partial charge in [0.1, 0.15) is 5.82 Å². The fraction of sp³-hybridized carbons (Fsp3) is 0.250. The topological polar surface area (TPSA) is 29.3 Å². The maximum absolute atomic E-state index is 14.1. The van der Waals surface area contributed by atoms with Crippen LogP contribution in [0.15, 0.2) is 42.5 Å². The Hall–Kier alpha value is -1.87. The van der Waals surface area contributed by atoms with Crippen molar-refractivity contribution in [3.8, 4) is 0 Å². The second-order valence-electron chi connectivity index (χ2n) is 4.68. The van der Waals surface area contributed by atoms with Gasteiger partial charge >= 0.3 is 0 Å². The average molecular weight is 258 g/mol. The summed E-state index contributed by atoms with van der Waals surface area (Å²) in [5, 5.41) is 0. The SMILES string of the molecule is Cc1ccc(N(C)c2c(F)cccc2CCN)cc1. The lowest BCUT2D eigenvalue weighted by molar-refractivity contribution is 0.625. The molecule has 0 aromatic heterocycles. The summed E-state index contributed by atoms with van der Waals surface area (Å²) < 4.78 is 14.1. The molecule has 2 rings (SSSR count). The van der Waals surface area contributed by atoms with Gasteiger partial charge in [0, 0.05) is 12.7 Å². The van der Waals surface area contributed by atoms with Gasteiger partial charge in [-0.15, -0.1) is 0 Å². The highest BCUT2D eigenvalue weighted by Crippen LogP contribution is 2.30. The minimum Gasteiger partial charge on any atom is -0.342 e. The molecule has 0 fully saturated rings. The molecule has 19 heavy (non-hydrogen) atoms. The van der Waals surface area contributed by atoms with Crippen molar-refractivity contribution >= 4 is 11.4 Å². The number of nitrogens with zero attached hydrogens (tertiary/aromatic N) is 1. The molecule has 2 N–H and O–H groups in total. The van der Waals surface area contributed by atoms with Crippen molar-refractivity contribution in [2.45, 2.75) is 13.3 Å². The van der Waals surface area contributed by atoms with E-state index in [-0.39, 0.29) is 5.82 Å². The molecule has 0 aliphatic carbocycles. The molecule has 0 aliphatic heterocycles. The van der Waals surface area contributed by atoms with Gasteiger partial charge in [-0.2, -0.15) is 0 Å². The molecule has 2 aromatic carbocycles. The number of anilines is 2. The van der Waals surface area contributed by atoms with Crippen LogP contribution < -0.4 is 10.6 Å². The largest absolute Gasteiger partial charge is 0.342 e. The predicted octanol–water partition coefficient (Wildman–Crippen LogP) is 3.40. The lowest BCUT2D eigenvalue weighted by Crippen LogP contribution is -2.15. The first-order chi connectivity index (χ1) is 9.13. The Labute approximate surface area is 113 Å². The zero-order chi connectivity index (χ0) is 13.8. The minimum absolute atomic E-state index is 0.214. The van der Waals surface area contributed by atoms with E-state index in [9.17, 15) is 4.39 Å². The van der Waals surface area contributed by atoms with E-state index in [1.165, 1.54) is 11.6 Å². The van der Waals surface area contributed by atoms with Crippen molar-refractivity contribution in [3.63, 3.8) is 0 Å². The zero-order valence-corrected chi connectivity index (χ0v) is 11.4. The second kappa shape index (κ2) is 5.85. The first kappa shape index (κ1) is 13.6.